The Morgan fingerprint density at radius 2 is 1.89 bits per heavy atom. The van der Waals surface area contributed by atoms with Gasteiger partial charge in [0.15, 0.2) is 9.84 Å². The van der Waals surface area contributed by atoms with Gasteiger partial charge in [0.05, 0.1) is 16.2 Å². The minimum Gasteiger partial charge on any atom is -0.478 e. The second-order valence-corrected chi connectivity index (χ2v) is 6.79. The second-order valence-electron chi connectivity index (χ2n) is 4.79. The largest absolute Gasteiger partial charge is 0.478 e. The Kier molecular flexibility index (Phi) is 4.70. The summed E-state index contributed by atoms with van der Waals surface area (Å²) in [5, 5.41) is 17.9. The Morgan fingerprint density at radius 3 is 2.37 bits per heavy atom. The van der Waals surface area contributed by atoms with E-state index in [4.69, 9.17) is 10.2 Å². The van der Waals surface area contributed by atoms with Crippen molar-refractivity contribution in [1.82, 2.24) is 0 Å². The van der Waals surface area contributed by atoms with Crippen LogP contribution in [0.25, 0.3) is 0 Å². The molecule has 0 aliphatic rings. The third-order valence-corrected chi connectivity index (χ3v) is 5.12. The number of rotatable bonds is 5. The van der Waals surface area contributed by atoms with Crippen molar-refractivity contribution >= 4 is 15.8 Å². The van der Waals surface area contributed by atoms with E-state index in [1.165, 1.54) is 12.1 Å². The fourth-order valence-corrected chi connectivity index (χ4v) is 3.76. The maximum Gasteiger partial charge on any atom is 0.335 e. The molecule has 0 aliphatic carbocycles. The molecule has 1 rings (SSSR count). The average Bonchev–Trinajstić information content (AvgIpc) is 2.31. The number of aromatic carboxylic acids is 1. The third kappa shape index (κ3) is 3.54. The molecule has 0 saturated heterocycles. The summed E-state index contributed by atoms with van der Waals surface area (Å²) in [6.45, 7) is 4.73. The van der Waals surface area contributed by atoms with Crippen LogP contribution in [0.4, 0.5) is 0 Å². The van der Waals surface area contributed by atoms with Crippen molar-refractivity contribution in [3.8, 4) is 0 Å². The van der Waals surface area contributed by atoms with Crippen LogP contribution < -0.4 is 0 Å². The number of aryl methyl sites for hydroxylation is 1. The van der Waals surface area contributed by atoms with Gasteiger partial charge in [-0.15, -0.1) is 0 Å². The lowest BCUT2D eigenvalue weighted by Gasteiger charge is -2.13. The number of hydrogen-bond donors (Lipinski definition) is 2. The highest BCUT2D eigenvalue weighted by Gasteiger charge is 2.22. The average molecular weight is 286 g/mol. The minimum absolute atomic E-state index is 0.0326. The Hall–Kier alpha value is -1.40. The Balaban J connectivity index is 3.37. The fourth-order valence-electron chi connectivity index (χ4n) is 1.79. The lowest BCUT2D eigenvalue weighted by Crippen LogP contribution is -2.18. The zero-order valence-corrected chi connectivity index (χ0v) is 12.0. The molecule has 0 fully saturated rings. The van der Waals surface area contributed by atoms with Crippen molar-refractivity contribution in [2.45, 2.75) is 25.7 Å². The third-order valence-electron chi connectivity index (χ3n) is 3.02. The predicted octanol–water partition coefficient (Wildman–Crippen LogP) is 1.40. The molecule has 1 unspecified atom stereocenters. The first kappa shape index (κ1) is 15.7. The van der Waals surface area contributed by atoms with Gasteiger partial charge in [0.2, 0.25) is 0 Å². The van der Waals surface area contributed by atoms with Crippen LogP contribution in [0.5, 0.6) is 0 Å². The quantitative estimate of drug-likeness (QED) is 0.853. The number of benzene rings is 1. The van der Waals surface area contributed by atoms with Gasteiger partial charge in [-0.1, -0.05) is 6.92 Å². The normalized spacial score (nSPS) is 13.3. The van der Waals surface area contributed by atoms with Gasteiger partial charge in [-0.2, -0.15) is 0 Å². The summed E-state index contributed by atoms with van der Waals surface area (Å²) in [4.78, 5) is 11.0. The SMILES string of the molecule is Cc1cc(C(=O)O)cc(S(=O)(=O)CC(C)CO)c1C. The minimum atomic E-state index is -3.60. The summed E-state index contributed by atoms with van der Waals surface area (Å²) in [5.41, 5.74) is 1.13. The van der Waals surface area contributed by atoms with Gasteiger partial charge in [-0.3, -0.25) is 0 Å². The van der Waals surface area contributed by atoms with Gasteiger partial charge in [0.1, 0.15) is 0 Å². The van der Waals surface area contributed by atoms with Crippen LogP contribution in [0.15, 0.2) is 17.0 Å². The van der Waals surface area contributed by atoms with Crippen LogP contribution in [0, 0.1) is 19.8 Å². The molecule has 1 atom stereocenters. The van der Waals surface area contributed by atoms with Gasteiger partial charge in [0, 0.05) is 6.61 Å². The van der Waals surface area contributed by atoms with Crippen LogP contribution in [0.3, 0.4) is 0 Å². The highest BCUT2D eigenvalue weighted by Crippen LogP contribution is 2.23. The first-order valence-corrected chi connectivity index (χ1v) is 7.52. The van der Waals surface area contributed by atoms with Crippen molar-refractivity contribution in [3.63, 3.8) is 0 Å². The molecule has 0 spiro atoms. The number of carbonyl (C=O) groups is 1. The topological polar surface area (TPSA) is 91.7 Å². The molecule has 0 bridgehead atoms. The first-order chi connectivity index (χ1) is 8.69. The van der Waals surface area contributed by atoms with Crippen molar-refractivity contribution in [2.24, 2.45) is 5.92 Å². The van der Waals surface area contributed by atoms with E-state index >= 15 is 0 Å². The van der Waals surface area contributed by atoms with Crippen molar-refractivity contribution in [1.29, 1.82) is 0 Å². The first-order valence-electron chi connectivity index (χ1n) is 5.87. The molecule has 0 saturated carbocycles. The molecule has 0 amide bonds. The second kappa shape index (κ2) is 5.71. The summed E-state index contributed by atoms with van der Waals surface area (Å²) in [7, 11) is -3.60. The van der Waals surface area contributed by atoms with Gasteiger partial charge >= 0.3 is 5.97 Å². The fraction of sp³-hybridized carbons (Fsp3) is 0.462. The van der Waals surface area contributed by atoms with E-state index in [0.717, 1.165) is 0 Å². The van der Waals surface area contributed by atoms with Crippen LogP contribution >= 0.6 is 0 Å². The van der Waals surface area contributed by atoms with Gasteiger partial charge in [-0.05, 0) is 43.0 Å². The van der Waals surface area contributed by atoms with Crippen LogP contribution in [0.2, 0.25) is 0 Å². The Bertz CT molecular complexity index is 589. The molecule has 1 aromatic rings. The summed E-state index contributed by atoms with van der Waals surface area (Å²) in [6, 6.07) is 2.64. The standard InChI is InChI=1S/C13H18O5S/c1-8(6-14)7-19(17,18)12-5-11(13(15)16)4-9(2)10(12)3/h4-5,8,14H,6-7H2,1-3H3,(H,15,16). The van der Waals surface area contributed by atoms with Gasteiger partial charge in [-0.25, -0.2) is 13.2 Å². The molecule has 2 N–H and O–H groups in total. The zero-order chi connectivity index (χ0) is 14.8. The molecular formula is C13H18O5S. The maximum atomic E-state index is 12.2. The smallest absolute Gasteiger partial charge is 0.335 e. The molecule has 0 heterocycles. The monoisotopic (exact) mass is 286 g/mol. The zero-order valence-electron chi connectivity index (χ0n) is 11.2. The summed E-state index contributed by atoms with van der Waals surface area (Å²) in [6.07, 6.45) is 0. The highest BCUT2D eigenvalue weighted by molar-refractivity contribution is 7.91. The van der Waals surface area contributed by atoms with Crippen LogP contribution in [-0.2, 0) is 9.84 Å². The van der Waals surface area contributed by atoms with Crippen molar-refractivity contribution in [2.75, 3.05) is 12.4 Å². The number of carboxylic acid groups (broad SMARTS) is 1. The Labute approximate surface area is 112 Å². The lowest BCUT2D eigenvalue weighted by molar-refractivity contribution is 0.0696. The predicted molar refractivity (Wildman–Crippen MR) is 71.2 cm³/mol. The lowest BCUT2D eigenvalue weighted by atomic mass is 10.1. The molecule has 0 aliphatic heterocycles. The van der Waals surface area contributed by atoms with E-state index in [2.05, 4.69) is 0 Å². The molecule has 19 heavy (non-hydrogen) atoms. The number of aliphatic hydroxyl groups is 1. The Morgan fingerprint density at radius 1 is 1.32 bits per heavy atom. The van der Waals surface area contributed by atoms with Crippen LogP contribution in [-0.4, -0.2) is 37.0 Å². The molecule has 6 heteroatoms. The van der Waals surface area contributed by atoms with E-state index in [9.17, 15) is 13.2 Å². The van der Waals surface area contributed by atoms with E-state index in [-0.39, 0.29) is 22.8 Å². The molecule has 0 aromatic heterocycles. The van der Waals surface area contributed by atoms with E-state index in [1.54, 1.807) is 20.8 Å². The van der Waals surface area contributed by atoms with Gasteiger partial charge in [0.25, 0.3) is 0 Å². The molecule has 0 radical (unpaired) electrons. The maximum absolute atomic E-state index is 12.2. The van der Waals surface area contributed by atoms with Gasteiger partial charge < -0.3 is 10.2 Å². The van der Waals surface area contributed by atoms with Crippen LogP contribution in [0.1, 0.15) is 28.4 Å². The number of hydrogen-bond acceptors (Lipinski definition) is 4. The molecular weight excluding hydrogens is 268 g/mol. The highest BCUT2D eigenvalue weighted by atomic mass is 32.2. The van der Waals surface area contributed by atoms with Crippen molar-refractivity contribution < 1.29 is 23.4 Å². The van der Waals surface area contributed by atoms with E-state index < -0.39 is 21.7 Å². The summed E-state index contributed by atoms with van der Waals surface area (Å²) < 4.78 is 24.5. The van der Waals surface area contributed by atoms with Crippen molar-refractivity contribution in [3.05, 3.63) is 28.8 Å². The molecule has 5 nitrogen and oxygen atoms in total. The van der Waals surface area contributed by atoms with E-state index in [0.29, 0.717) is 11.1 Å². The molecule has 106 valence electrons. The summed E-state index contributed by atoms with van der Waals surface area (Å²) in [5.74, 6) is -1.75. The number of sulfone groups is 1. The number of aliphatic hydroxyl groups excluding tert-OH is 1. The summed E-state index contributed by atoms with van der Waals surface area (Å²) >= 11 is 0. The number of carboxylic acids is 1. The van der Waals surface area contributed by atoms with E-state index in [1.807, 2.05) is 0 Å². The molecule has 1 aromatic carbocycles.